The number of carbonyl (C=O) groups is 1. The van der Waals surface area contributed by atoms with E-state index in [-0.39, 0.29) is 24.0 Å². The van der Waals surface area contributed by atoms with Crippen molar-refractivity contribution in [2.45, 2.75) is 51.7 Å². The SMILES string of the molecule is CCCC(C)C(=O)N1CCC(OC)CC1CN. The van der Waals surface area contributed by atoms with Crippen molar-refractivity contribution in [2.24, 2.45) is 11.7 Å². The first kappa shape index (κ1) is 14.5. The predicted molar refractivity (Wildman–Crippen MR) is 68.7 cm³/mol. The van der Waals surface area contributed by atoms with Crippen molar-refractivity contribution in [1.29, 1.82) is 0 Å². The van der Waals surface area contributed by atoms with Crippen molar-refractivity contribution in [1.82, 2.24) is 4.90 Å². The third-order valence-corrected chi connectivity index (χ3v) is 3.70. The largest absolute Gasteiger partial charge is 0.381 e. The molecule has 0 aromatic rings. The normalized spacial score (nSPS) is 26.9. The quantitative estimate of drug-likeness (QED) is 0.792. The maximum atomic E-state index is 12.3. The summed E-state index contributed by atoms with van der Waals surface area (Å²) < 4.78 is 5.37. The van der Waals surface area contributed by atoms with Crippen LogP contribution in [0.5, 0.6) is 0 Å². The first-order valence-electron chi connectivity index (χ1n) is 6.67. The second-order valence-electron chi connectivity index (χ2n) is 4.99. The molecular weight excluding hydrogens is 216 g/mol. The summed E-state index contributed by atoms with van der Waals surface area (Å²) in [4.78, 5) is 14.2. The van der Waals surface area contributed by atoms with Crippen molar-refractivity contribution in [2.75, 3.05) is 20.2 Å². The fourth-order valence-electron chi connectivity index (χ4n) is 2.58. The summed E-state index contributed by atoms with van der Waals surface area (Å²) in [6.45, 7) is 5.45. The number of ether oxygens (including phenoxy) is 1. The lowest BCUT2D eigenvalue weighted by atomic mass is 9.96. The number of nitrogens with zero attached hydrogens (tertiary/aromatic N) is 1. The highest BCUT2D eigenvalue weighted by atomic mass is 16.5. The summed E-state index contributed by atoms with van der Waals surface area (Å²) in [7, 11) is 1.73. The Bertz CT molecular complexity index is 246. The van der Waals surface area contributed by atoms with E-state index in [1.807, 2.05) is 11.8 Å². The van der Waals surface area contributed by atoms with Crippen LogP contribution in [0, 0.1) is 5.92 Å². The standard InChI is InChI=1S/C13H26N2O2/c1-4-5-10(2)13(16)15-7-6-12(17-3)8-11(15)9-14/h10-12H,4-9,14H2,1-3H3. The molecule has 0 saturated carbocycles. The fourth-order valence-corrected chi connectivity index (χ4v) is 2.58. The molecule has 4 nitrogen and oxygen atoms in total. The van der Waals surface area contributed by atoms with E-state index in [0.717, 1.165) is 32.2 Å². The highest BCUT2D eigenvalue weighted by Crippen LogP contribution is 2.22. The van der Waals surface area contributed by atoms with E-state index in [1.165, 1.54) is 0 Å². The average Bonchev–Trinajstić information content (AvgIpc) is 2.37. The van der Waals surface area contributed by atoms with E-state index in [0.29, 0.717) is 6.54 Å². The Morgan fingerprint density at radius 2 is 2.29 bits per heavy atom. The number of rotatable bonds is 5. The van der Waals surface area contributed by atoms with E-state index < -0.39 is 0 Å². The minimum absolute atomic E-state index is 0.119. The molecular formula is C13H26N2O2. The van der Waals surface area contributed by atoms with Gasteiger partial charge in [-0.3, -0.25) is 4.79 Å². The van der Waals surface area contributed by atoms with Crippen LogP contribution in [0.4, 0.5) is 0 Å². The number of methoxy groups -OCH3 is 1. The Hall–Kier alpha value is -0.610. The molecule has 100 valence electrons. The Balaban J connectivity index is 2.60. The van der Waals surface area contributed by atoms with Crippen molar-refractivity contribution >= 4 is 5.91 Å². The van der Waals surface area contributed by atoms with E-state index >= 15 is 0 Å². The molecule has 3 unspecified atom stereocenters. The molecule has 1 amide bonds. The molecule has 4 heteroatoms. The van der Waals surface area contributed by atoms with Gasteiger partial charge in [-0.05, 0) is 19.3 Å². The van der Waals surface area contributed by atoms with Gasteiger partial charge in [0.25, 0.3) is 0 Å². The Kier molecular flexibility index (Phi) is 5.92. The van der Waals surface area contributed by atoms with Crippen LogP contribution in [0.1, 0.15) is 39.5 Å². The molecule has 1 aliphatic rings. The van der Waals surface area contributed by atoms with Crippen molar-refractivity contribution in [3.8, 4) is 0 Å². The predicted octanol–water partition coefficient (Wildman–Crippen LogP) is 1.39. The second-order valence-corrected chi connectivity index (χ2v) is 4.99. The maximum absolute atomic E-state index is 12.3. The van der Waals surface area contributed by atoms with Gasteiger partial charge in [0, 0.05) is 32.2 Å². The summed E-state index contributed by atoms with van der Waals surface area (Å²) in [5.41, 5.74) is 5.77. The lowest BCUT2D eigenvalue weighted by Gasteiger charge is -2.39. The van der Waals surface area contributed by atoms with Crippen LogP contribution in [0.2, 0.25) is 0 Å². The molecule has 0 bridgehead atoms. The number of hydrogen-bond donors (Lipinski definition) is 1. The van der Waals surface area contributed by atoms with Crippen LogP contribution in [0.3, 0.4) is 0 Å². The molecule has 0 spiro atoms. The number of nitrogens with two attached hydrogens (primary N) is 1. The lowest BCUT2D eigenvalue weighted by molar-refractivity contribution is -0.140. The van der Waals surface area contributed by atoms with Gasteiger partial charge in [0.2, 0.25) is 5.91 Å². The molecule has 0 aliphatic carbocycles. The molecule has 17 heavy (non-hydrogen) atoms. The Morgan fingerprint density at radius 1 is 1.59 bits per heavy atom. The highest BCUT2D eigenvalue weighted by Gasteiger charge is 2.32. The number of piperidine rings is 1. The third kappa shape index (κ3) is 3.68. The highest BCUT2D eigenvalue weighted by molar-refractivity contribution is 5.79. The van der Waals surface area contributed by atoms with Gasteiger partial charge in [-0.2, -0.15) is 0 Å². The first-order chi connectivity index (χ1) is 8.13. The summed E-state index contributed by atoms with van der Waals surface area (Å²) in [5.74, 6) is 0.380. The number of amides is 1. The molecule has 1 rings (SSSR count). The molecule has 1 fully saturated rings. The number of hydrogen-bond acceptors (Lipinski definition) is 3. The summed E-state index contributed by atoms with van der Waals surface area (Å²) >= 11 is 0. The zero-order valence-electron chi connectivity index (χ0n) is 11.3. The number of carbonyl (C=O) groups excluding carboxylic acids is 1. The molecule has 0 aromatic heterocycles. The van der Waals surface area contributed by atoms with Crippen LogP contribution >= 0.6 is 0 Å². The molecule has 3 atom stereocenters. The molecule has 2 N–H and O–H groups in total. The van der Waals surface area contributed by atoms with Crippen molar-refractivity contribution in [3.63, 3.8) is 0 Å². The third-order valence-electron chi connectivity index (χ3n) is 3.70. The van der Waals surface area contributed by atoms with E-state index in [9.17, 15) is 4.79 Å². The van der Waals surface area contributed by atoms with Gasteiger partial charge >= 0.3 is 0 Å². The topological polar surface area (TPSA) is 55.6 Å². The van der Waals surface area contributed by atoms with E-state index in [1.54, 1.807) is 7.11 Å². The minimum Gasteiger partial charge on any atom is -0.381 e. The van der Waals surface area contributed by atoms with Gasteiger partial charge in [0.15, 0.2) is 0 Å². The van der Waals surface area contributed by atoms with Crippen LogP contribution in [-0.4, -0.2) is 43.2 Å². The van der Waals surface area contributed by atoms with Crippen LogP contribution in [0.25, 0.3) is 0 Å². The summed E-state index contributed by atoms with van der Waals surface area (Å²) in [6.07, 6.45) is 4.07. The summed E-state index contributed by atoms with van der Waals surface area (Å²) in [6, 6.07) is 0.153. The van der Waals surface area contributed by atoms with Crippen molar-refractivity contribution < 1.29 is 9.53 Å². The summed E-state index contributed by atoms with van der Waals surface area (Å²) in [5, 5.41) is 0. The van der Waals surface area contributed by atoms with Crippen molar-refractivity contribution in [3.05, 3.63) is 0 Å². The monoisotopic (exact) mass is 242 g/mol. The molecule has 0 aromatic carbocycles. The van der Waals surface area contributed by atoms with Crippen LogP contribution in [0.15, 0.2) is 0 Å². The zero-order chi connectivity index (χ0) is 12.8. The fraction of sp³-hybridized carbons (Fsp3) is 0.923. The average molecular weight is 242 g/mol. The zero-order valence-corrected chi connectivity index (χ0v) is 11.3. The van der Waals surface area contributed by atoms with Crippen LogP contribution in [-0.2, 0) is 9.53 Å². The molecule has 1 heterocycles. The molecule has 0 radical (unpaired) electrons. The smallest absolute Gasteiger partial charge is 0.225 e. The lowest BCUT2D eigenvalue weighted by Crippen LogP contribution is -2.52. The van der Waals surface area contributed by atoms with Gasteiger partial charge in [0.1, 0.15) is 0 Å². The first-order valence-corrected chi connectivity index (χ1v) is 6.67. The van der Waals surface area contributed by atoms with Crippen LogP contribution < -0.4 is 5.73 Å². The van der Waals surface area contributed by atoms with Gasteiger partial charge in [0.05, 0.1) is 6.10 Å². The van der Waals surface area contributed by atoms with E-state index in [4.69, 9.17) is 10.5 Å². The van der Waals surface area contributed by atoms with Gasteiger partial charge in [-0.1, -0.05) is 20.3 Å². The van der Waals surface area contributed by atoms with Gasteiger partial charge in [-0.25, -0.2) is 0 Å². The maximum Gasteiger partial charge on any atom is 0.225 e. The Morgan fingerprint density at radius 3 is 2.82 bits per heavy atom. The van der Waals surface area contributed by atoms with E-state index in [2.05, 4.69) is 6.92 Å². The second kappa shape index (κ2) is 6.97. The van der Waals surface area contributed by atoms with Gasteiger partial charge in [-0.15, -0.1) is 0 Å². The number of likely N-dealkylation sites (tertiary alicyclic amines) is 1. The molecule has 1 saturated heterocycles. The van der Waals surface area contributed by atoms with Gasteiger partial charge < -0.3 is 15.4 Å². The molecule has 1 aliphatic heterocycles. The Labute approximate surface area is 104 Å². The minimum atomic E-state index is 0.119.